The maximum atomic E-state index is 12.5. The predicted octanol–water partition coefficient (Wildman–Crippen LogP) is 3.58. The highest BCUT2D eigenvalue weighted by Gasteiger charge is 2.24. The van der Waals surface area contributed by atoms with Crippen molar-refractivity contribution in [2.45, 2.75) is 38.8 Å². The second kappa shape index (κ2) is 8.98. The van der Waals surface area contributed by atoms with Gasteiger partial charge in [-0.1, -0.05) is 30.3 Å². The molecular weight excluding hydrogens is 362 g/mol. The van der Waals surface area contributed by atoms with Gasteiger partial charge in [0.15, 0.2) is 0 Å². The van der Waals surface area contributed by atoms with Crippen LogP contribution in [0.25, 0.3) is 0 Å². The van der Waals surface area contributed by atoms with Crippen molar-refractivity contribution in [2.24, 2.45) is 0 Å². The van der Waals surface area contributed by atoms with Crippen LogP contribution in [0.5, 0.6) is 0 Å². The van der Waals surface area contributed by atoms with Crippen LogP contribution >= 0.6 is 0 Å². The van der Waals surface area contributed by atoms with Gasteiger partial charge >= 0.3 is 5.97 Å². The summed E-state index contributed by atoms with van der Waals surface area (Å²) in [6.45, 7) is 3.82. The maximum Gasteiger partial charge on any atom is 0.303 e. The monoisotopic (exact) mass is 385 g/mol. The number of carboxylic acids is 1. The predicted molar refractivity (Wildman–Crippen MR) is 105 cm³/mol. The molecule has 0 bridgehead atoms. The summed E-state index contributed by atoms with van der Waals surface area (Å²) in [5, 5.41) is 26.0. The Morgan fingerprint density at radius 2 is 1.82 bits per heavy atom. The minimum atomic E-state index is -0.952. The van der Waals surface area contributed by atoms with Crippen LogP contribution in [0.3, 0.4) is 0 Å². The number of nitrogens with zero attached hydrogens (tertiary/aromatic N) is 1. The van der Waals surface area contributed by atoms with Crippen molar-refractivity contribution in [3.63, 3.8) is 0 Å². The second-order valence-corrected chi connectivity index (χ2v) is 7.06. The van der Waals surface area contributed by atoms with Gasteiger partial charge in [-0.05, 0) is 38.0 Å². The molecule has 2 aromatic rings. The molecule has 0 aromatic heterocycles. The van der Waals surface area contributed by atoms with Gasteiger partial charge in [-0.25, -0.2) is 0 Å². The van der Waals surface area contributed by atoms with Crippen LogP contribution in [0.4, 0.5) is 11.4 Å². The summed E-state index contributed by atoms with van der Waals surface area (Å²) in [6.07, 6.45) is 0.155. The number of anilines is 1. The molecule has 0 aliphatic rings. The number of carboxylic acid groups (broad SMARTS) is 1. The minimum Gasteiger partial charge on any atom is -0.481 e. The number of nitrogens with one attached hydrogen (secondary N) is 2. The molecular formula is C20H23N3O5. The van der Waals surface area contributed by atoms with E-state index in [9.17, 15) is 19.7 Å². The normalized spacial score (nSPS) is 10.9. The zero-order valence-electron chi connectivity index (χ0n) is 15.8. The van der Waals surface area contributed by atoms with Crippen LogP contribution in [-0.2, 0) is 11.3 Å². The Morgan fingerprint density at radius 1 is 1.14 bits per heavy atom. The van der Waals surface area contributed by atoms with Crippen molar-refractivity contribution < 1.29 is 19.6 Å². The molecule has 3 N–H and O–H groups in total. The van der Waals surface area contributed by atoms with E-state index in [4.69, 9.17) is 5.11 Å². The highest BCUT2D eigenvalue weighted by molar-refractivity contribution is 5.96. The number of carbonyl (C=O) groups is 2. The molecule has 1 amide bonds. The fourth-order valence-corrected chi connectivity index (χ4v) is 2.63. The van der Waals surface area contributed by atoms with Crippen molar-refractivity contribution in [2.75, 3.05) is 5.32 Å². The van der Waals surface area contributed by atoms with Crippen LogP contribution in [0.15, 0.2) is 48.5 Å². The van der Waals surface area contributed by atoms with E-state index in [1.807, 2.05) is 30.3 Å². The van der Waals surface area contributed by atoms with Gasteiger partial charge in [0, 0.05) is 30.1 Å². The molecule has 0 heterocycles. The summed E-state index contributed by atoms with van der Waals surface area (Å²) in [4.78, 5) is 34.1. The van der Waals surface area contributed by atoms with Gasteiger partial charge in [-0.2, -0.15) is 0 Å². The molecule has 0 spiro atoms. The fourth-order valence-electron chi connectivity index (χ4n) is 2.63. The van der Waals surface area contributed by atoms with E-state index in [0.29, 0.717) is 12.2 Å². The number of benzene rings is 2. The van der Waals surface area contributed by atoms with Gasteiger partial charge in [-0.3, -0.25) is 19.7 Å². The van der Waals surface area contributed by atoms with Crippen LogP contribution in [0, 0.1) is 10.1 Å². The first-order chi connectivity index (χ1) is 13.2. The van der Waals surface area contributed by atoms with E-state index in [-0.39, 0.29) is 24.1 Å². The standard InChI is InChI=1S/C20H23N3O5/c1-20(2,11-10-18(24)25)22-19(26)15-8-9-16(17(12-15)23(27)28)21-13-14-6-4-3-5-7-14/h3-9,12,21H,10-11,13H2,1-2H3,(H,22,26)(H,24,25). The van der Waals surface area contributed by atoms with Crippen molar-refractivity contribution in [1.82, 2.24) is 5.32 Å². The average Bonchev–Trinajstić information content (AvgIpc) is 2.65. The molecule has 0 aliphatic heterocycles. The topological polar surface area (TPSA) is 122 Å². The van der Waals surface area contributed by atoms with Crippen LogP contribution in [0.2, 0.25) is 0 Å². The summed E-state index contributed by atoms with van der Waals surface area (Å²) in [6, 6.07) is 13.7. The summed E-state index contributed by atoms with van der Waals surface area (Å²) in [7, 11) is 0. The van der Waals surface area contributed by atoms with Gasteiger partial charge in [0.1, 0.15) is 5.69 Å². The Morgan fingerprint density at radius 3 is 2.43 bits per heavy atom. The Bertz CT molecular complexity index is 865. The van der Waals surface area contributed by atoms with Gasteiger partial charge in [0.25, 0.3) is 11.6 Å². The third kappa shape index (κ3) is 6.08. The average molecular weight is 385 g/mol. The van der Waals surface area contributed by atoms with Gasteiger partial charge in [-0.15, -0.1) is 0 Å². The van der Waals surface area contributed by atoms with Gasteiger partial charge in [0.2, 0.25) is 0 Å². The lowest BCUT2D eigenvalue weighted by molar-refractivity contribution is -0.384. The van der Waals surface area contributed by atoms with Gasteiger partial charge in [0.05, 0.1) is 4.92 Å². The SMILES string of the molecule is CC(C)(CCC(=O)O)NC(=O)c1ccc(NCc2ccccc2)c([N+](=O)[O-])c1. The van der Waals surface area contributed by atoms with Crippen molar-refractivity contribution in [3.8, 4) is 0 Å². The highest BCUT2D eigenvalue weighted by atomic mass is 16.6. The molecule has 0 unspecified atom stereocenters. The van der Waals surface area contributed by atoms with E-state index in [2.05, 4.69) is 10.6 Å². The number of nitro groups is 1. The number of hydrogen-bond acceptors (Lipinski definition) is 5. The molecule has 0 atom stereocenters. The maximum absolute atomic E-state index is 12.5. The minimum absolute atomic E-state index is 0.0875. The Balaban J connectivity index is 2.13. The molecule has 28 heavy (non-hydrogen) atoms. The summed E-state index contributed by atoms with van der Waals surface area (Å²) >= 11 is 0. The number of hydrogen-bond donors (Lipinski definition) is 3. The lowest BCUT2D eigenvalue weighted by Crippen LogP contribution is -2.43. The Hall–Kier alpha value is -3.42. The first kappa shape index (κ1) is 20.9. The Kier molecular flexibility index (Phi) is 6.70. The third-order valence-electron chi connectivity index (χ3n) is 4.20. The molecule has 2 aromatic carbocycles. The van der Waals surface area contributed by atoms with Crippen LogP contribution in [0.1, 0.15) is 42.6 Å². The Labute approximate surface area is 162 Å². The molecule has 8 nitrogen and oxygen atoms in total. The molecule has 8 heteroatoms. The summed E-state index contributed by atoms with van der Waals surface area (Å²) in [5.41, 5.74) is 0.468. The first-order valence-corrected chi connectivity index (χ1v) is 8.78. The van der Waals surface area contributed by atoms with Crippen molar-refractivity contribution >= 4 is 23.3 Å². The lowest BCUT2D eigenvalue weighted by atomic mass is 9.97. The zero-order valence-corrected chi connectivity index (χ0v) is 15.8. The number of aliphatic carboxylic acids is 1. The quantitative estimate of drug-likeness (QED) is 0.448. The van der Waals surface area contributed by atoms with Crippen molar-refractivity contribution in [3.05, 3.63) is 69.8 Å². The second-order valence-electron chi connectivity index (χ2n) is 7.06. The van der Waals surface area contributed by atoms with E-state index < -0.39 is 22.3 Å². The molecule has 0 radical (unpaired) electrons. The van der Waals surface area contributed by atoms with E-state index >= 15 is 0 Å². The number of amides is 1. The molecule has 0 saturated heterocycles. The van der Waals surface area contributed by atoms with E-state index in [1.165, 1.54) is 18.2 Å². The molecule has 0 fully saturated rings. The summed E-state index contributed by atoms with van der Waals surface area (Å²) < 4.78 is 0. The zero-order chi connectivity index (χ0) is 20.7. The largest absolute Gasteiger partial charge is 0.481 e. The molecule has 2 rings (SSSR count). The number of nitro benzene ring substituents is 1. The fraction of sp³-hybridized carbons (Fsp3) is 0.300. The van der Waals surface area contributed by atoms with E-state index in [1.54, 1.807) is 13.8 Å². The number of rotatable bonds is 9. The molecule has 0 aliphatic carbocycles. The van der Waals surface area contributed by atoms with Gasteiger partial charge < -0.3 is 15.7 Å². The third-order valence-corrected chi connectivity index (χ3v) is 4.20. The lowest BCUT2D eigenvalue weighted by Gasteiger charge is -2.25. The first-order valence-electron chi connectivity index (χ1n) is 8.78. The molecule has 0 saturated carbocycles. The highest BCUT2D eigenvalue weighted by Crippen LogP contribution is 2.26. The van der Waals surface area contributed by atoms with E-state index in [0.717, 1.165) is 5.56 Å². The number of carbonyl (C=O) groups excluding carboxylic acids is 1. The smallest absolute Gasteiger partial charge is 0.303 e. The summed E-state index contributed by atoms with van der Waals surface area (Å²) in [5.74, 6) is -1.44. The van der Waals surface area contributed by atoms with Crippen LogP contribution < -0.4 is 10.6 Å². The van der Waals surface area contributed by atoms with Crippen LogP contribution in [-0.4, -0.2) is 27.4 Å². The molecule has 148 valence electrons. The van der Waals surface area contributed by atoms with Crippen molar-refractivity contribution in [1.29, 1.82) is 0 Å².